The van der Waals surface area contributed by atoms with Crippen LogP contribution in [0, 0.1) is 5.41 Å². The number of carbonyl (C=O) groups excluding carboxylic acids is 4. The molecular formula is C36H40ClN5O6. The van der Waals surface area contributed by atoms with Crippen LogP contribution in [0.5, 0.6) is 0 Å². The molecule has 252 valence electrons. The molecular weight excluding hydrogens is 634 g/mol. The van der Waals surface area contributed by atoms with Crippen molar-refractivity contribution in [2.24, 2.45) is 5.41 Å². The predicted octanol–water partition coefficient (Wildman–Crippen LogP) is 4.44. The smallest absolute Gasteiger partial charge is 0.326 e. The monoisotopic (exact) mass is 673 g/mol. The highest BCUT2D eigenvalue weighted by Crippen LogP contribution is 2.42. The molecule has 2 fully saturated rings. The van der Waals surface area contributed by atoms with Gasteiger partial charge in [-0.15, -0.1) is 0 Å². The van der Waals surface area contributed by atoms with Crippen molar-refractivity contribution in [3.05, 3.63) is 94.8 Å². The topological polar surface area (TPSA) is 149 Å². The van der Waals surface area contributed by atoms with Crippen molar-refractivity contribution in [1.29, 1.82) is 0 Å². The number of carboxylic acid groups (broad SMARTS) is 1. The first-order valence-electron chi connectivity index (χ1n) is 16.1. The summed E-state index contributed by atoms with van der Waals surface area (Å²) in [6, 6.07) is 15.6. The van der Waals surface area contributed by atoms with Gasteiger partial charge in [0.2, 0.25) is 17.7 Å². The van der Waals surface area contributed by atoms with Crippen LogP contribution in [0.25, 0.3) is 0 Å². The van der Waals surface area contributed by atoms with Crippen molar-refractivity contribution in [3.63, 3.8) is 0 Å². The molecule has 1 saturated carbocycles. The maximum absolute atomic E-state index is 14.2. The molecule has 5 rings (SSSR count). The second-order valence-corrected chi connectivity index (χ2v) is 13.0. The molecule has 2 aliphatic rings. The third-order valence-corrected chi connectivity index (χ3v) is 9.58. The Bertz CT molecular complexity index is 1640. The molecule has 4 amide bonds. The van der Waals surface area contributed by atoms with Gasteiger partial charge in [-0.05, 0) is 66.3 Å². The molecule has 0 spiro atoms. The van der Waals surface area contributed by atoms with E-state index in [1.807, 2.05) is 6.07 Å². The van der Waals surface area contributed by atoms with Crippen molar-refractivity contribution >= 4 is 46.9 Å². The quantitative estimate of drug-likeness (QED) is 0.257. The Morgan fingerprint density at radius 3 is 2.27 bits per heavy atom. The Hall–Kier alpha value is -4.77. The zero-order valence-corrected chi connectivity index (χ0v) is 27.8. The number of carboxylic acids is 1. The number of hydrogen-bond acceptors (Lipinski definition) is 6. The van der Waals surface area contributed by atoms with Crippen molar-refractivity contribution in [3.8, 4) is 0 Å². The number of anilines is 1. The minimum atomic E-state index is -1.17. The number of nitrogens with zero attached hydrogens (tertiary/aromatic N) is 3. The van der Waals surface area contributed by atoms with Crippen molar-refractivity contribution in [2.45, 2.75) is 77.0 Å². The molecule has 12 heteroatoms. The van der Waals surface area contributed by atoms with E-state index in [1.165, 1.54) is 13.8 Å². The highest BCUT2D eigenvalue weighted by Gasteiger charge is 2.49. The Morgan fingerprint density at radius 2 is 1.69 bits per heavy atom. The van der Waals surface area contributed by atoms with Crippen molar-refractivity contribution in [1.82, 2.24) is 20.5 Å². The summed E-state index contributed by atoms with van der Waals surface area (Å²) in [7, 11) is 0. The normalized spacial score (nSPS) is 19.2. The van der Waals surface area contributed by atoms with Crippen LogP contribution in [-0.4, -0.2) is 63.2 Å². The summed E-state index contributed by atoms with van der Waals surface area (Å²) in [4.78, 5) is 71.8. The Balaban J connectivity index is 1.39. The Labute approximate surface area is 284 Å². The fourth-order valence-electron chi connectivity index (χ4n) is 6.89. The SMILES string of the molecule is CC(=O)NCCC1(C(=O)NC(Cc2ccc(N3C(=O)C(Cc4cccnc4)N(C(C)=O)C3c3ccc(Cl)cc3)cc2)C(=O)O)CCCC1. The molecule has 3 unspecified atom stereocenters. The number of halogens is 1. The number of pyridine rings is 1. The molecule has 2 aromatic carbocycles. The van der Waals surface area contributed by atoms with E-state index in [4.69, 9.17) is 11.6 Å². The van der Waals surface area contributed by atoms with Gasteiger partial charge in [0.25, 0.3) is 5.91 Å². The van der Waals surface area contributed by atoms with Gasteiger partial charge in [-0.25, -0.2) is 4.79 Å². The summed E-state index contributed by atoms with van der Waals surface area (Å²) >= 11 is 6.17. The first-order valence-corrected chi connectivity index (χ1v) is 16.5. The number of carbonyl (C=O) groups is 5. The number of nitrogens with one attached hydrogen (secondary N) is 2. The number of amides is 4. The minimum Gasteiger partial charge on any atom is -0.480 e. The van der Waals surface area contributed by atoms with Gasteiger partial charge in [-0.3, -0.25) is 29.1 Å². The van der Waals surface area contributed by atoms with Gasteiger partial charge in [0.15, 0.2) is 0 Å². The first kappa shape index (κ1) is 34.6. The second-order valence-electron chi connectivity index (χ2n) is 12.6. The lowest BCUT2D eigenvalue weighted by molar-refractivity contribution is -0.144. The van der Waals surface area contributed by atoms with Gasteiger partial charge in [0.05, 0.1) is 5.41 Å². The fraction of sp³-hybridized carbons (Fsp3) is 0.389. The molecule has 1 aliphatic heterocycles. The summed E-state index contributed by atoms with van der Waals surface area (Å²) in [5.74, 6) is -2.18. The van der Waals surface area contributed by atoms with Crippen LogP contribution in [-0.2, 0) is 36.8 Å². The molecule has 1 saturated heterocycles. The van der Waals surface area contributed by atoms with Crippen LogP contribution in [0.1, 0.15) is 68.8 Å². The highest BCUT2D eigenvalue weighted by atomic mass is 35.5. The van der Waals surface area contributed by atoms with E-state index in [0.717, 1.165) is 18.4 Å². The summed E-state index contributed by atoms with van der Waals surface area (Å²) in [5, 5.41) is 16.1. The lowest BCUT2D eigenvalue weighted by Crippen LogP contribution is -2.49. The van der Waals surface area contributed by atoms with Crippen LogP contribution < -0.4 is 15.5 Å². The Morgan fingerprint density at radius 1 is 1.00 bits per heavy atom. The predicted molar refractivity (Wildman–Crippen MR) is 180 cm³/mol. The molecule has 2 heterocycles. The fourth-order valence-corrected chi connectivity index (χ4v) is 7.01. The van der Waals surface area contributed by atoms with Crippen LogP contribution in [0.2, 0.25) is 5.02 Å². The lowest BCUT2D eigenvalue weighted by atomic mass is 9.81. The van der Waals surface area contributed by atoms with Crippen LogP contribution in [0.15, 0.2) is 73.1 Å². The molecule has 3 N–H and O–H groups in total. The maximum Gasteiger partial charge on any atom is 0.326 e. The number of hydrogen-bond donors (Lipinski definition) is 3. The zero-order chi connectivity index (χ0) is 34.4. The number of benzene rings is 2. The second kappa shape index (κ2) is 15.0. The molecule has 3 atom stereocenters. The summed E-state index contributed by atoms with van der Waals surface area (Å²) < 4.78 is 0. The van der Waals surface area contributed by atoms with E-state index in [-0.39, 0.29) is 36.5 Å². The average molecular weight is 674 g/mol. The van der Waals surface area contributed by atoms with E-state index in [0.29, 0.717) is 47.6 Å². The van der Waals surface area contributed by atoms with E-state index >= 15 is 0 Å². The molecule has 1 aromatic heterocycles. The van der Waals surface area contributed by atoms with Crippen LogP contribution >= 0.6 is 11.6 Å². The van der Waals surface area contributed by atoms with E-state index in [1.54, 1.807) is 76.8 Å². The van der Waals surface area contributed by atoms with Crippen molar-refractivity contribution < 1.29 is 29.1 Å². The van der Waals surface area contributed by atoms with E-state index < -0.39 is 29.6 Å². The molecule has 48 heavy (non-hydrogen) atoms. The molecule has 1 aliphatic carbocycles. The van der Waals surface area contributed by atoms with Crippen molar-refractivity contribution in [2.75, 3.05) is 11.4 Å². The highest BCUT2D eigenvalue weighted by molar-refractivity contribution is 6.30. The van der Waals surface area contributed by atoms with Gasteiger partial charge in [-0.2, -0.15) is 0 Å². The Kier molecular flexibility index (Phi) is 10.8. The molecule has 0 bridgehead atoms. The first-order chi connectivity index (χ1) is 23.0. The van der Waals surface area contributed by atoms with Gasteiger partial charge in [0.1, 0.15) is 18.2 Å². The van der Waals surface area contributed by atoms with Gasteiger partial charge in [0, 0.05) is 56.3 Å². The van der Waals surface area contributed by atoms with Gasteiger partial charge in [-0.1, -0.05) is 54.8 Å². The molecule has 0 radical (unpaired) electrons. The lowest BCUT2D eigenvalue weighted by Gasteiger charge is -2.31. The minimum absolute atomic E-state index is 0.0287. The standard InChI is InChI=1S/C36H40ClN5O6/c1-23(43)39-19-17-36(15-3-4-16-36)35(48)40-30(34(46)47)20-25-7-13-29(14-8-25)42-32(27-9-11-28(37)12-10-27)41(24(2)44)31(33(42)45)21-26-6-5-18-38-22-26/h5-14,18,22,30-32H,3-4,15-17,19-21H2,1-2H3,(H,39,43)(H,40,48)(H,46,47). The maximum atomic E-state index is 14.2. The van der Waals surface area contributed by atoms with Crippen LogP contribution in [0.3, 0.4) is 0 Å². The number of rotatable bonds is 12. The third-order valence-electron chi connectivity index (χ3n) is 9.33. The van der Waals surface area contributed by atoms with Gasteiger partial charge >= 0.3 is 5.97 Å². The number of aromatic nitrogens is 1. The number of aliphatic carboxylic acids is 1. The summed E-state index contributed by atoms with van der Waals surface area (Å²) in [5.41, 5.74) is 1.97. The van der Waals surface area contributed by atoms with E-state index in [2.05, 4.69) is 15.6 Å². The summed E-state index contributed by atoms with van der Waals surface area (Å²) in [6.07, 6.45) is 6.32. The third kappa shape index (κ3) is 7.68. The van der Waals surface area contributed by atoms with E-state index in [9.17, 15) is 29.1 Å². The van der Waals surface area contributed by atoms with Gasteiger partial charge < -0.3 is 20.6 Å². The molecule has 3 aromatic rings. The average Bonchev–Trinajstić information content (AvgIpc) is 3.65. The molecule has 11 nitrogen and oxygen atoms in total. The van der Waals surface area contributed by atoms with Crippen LogP contribution in [0.4, 0.5) is 5.69 Å². The zero-order valence-electron chi connectivity index (χ0n) is 27.0. The summed E-state index contributed by atoms with van der Waals surface area (Å²) in [6.45, 7) is 3.21. The largest absolute Gasteiger partial charge is 0.480 e.